The minimum absolute atomic E-state index is 0.0582. The van der Waals surface area contributed by atoms with Crippen molar-refractivity contribution in [2.75, 3.05) is 6.54 Å². The summed E-state index contributed by atoms with van der Waals surface area (Å²) >= 11 is 0. The van der Waals surface area contributed by atoms with Crippen LogP contribution in [0.1, 0.15) is 106 Å². The van der Waals surface area contributed by atoms with Crippen molar-refractivity contribution in [1.29, 1.82) is 0 Å². The highest BCUT2D eigenvalue weighted by Crippen LogP contribution is 2.66. The molecule has 0 aromatic heterocycles. The van der Waals surface area contributed by atoms with Gasteiger partial charge < -0.3 is 20.7 Å². The maximum absolute atomic E-state index is 12.0. The Kier molecular flexibility index (Phi) is 9.64. The third-order valence-electron chi connectivity index (χ3n) is 10.8. The van der Waals surface area contributed by atoms with E-state index in [1.807, 2.05) is 0 Å². The molecule has 39 heavy (non-hydrogen) atoms. The molecule has 0 amide bonds. The van der Waals surface area contributed by atoms with Gasteiger partial charge in [0.05, 0.1) is 12.6 Å². The lowest BCUT2D eigenvalue weighted by molar-refractivity contribution is -0.168. The molecule has 220 valence electrons. The molecule has 0 aromatic rings. The number of carbonyl (C=O) groups excluding carboxylic acids is 1. The van der Waals surface area contributed by atoms with Crippen LogP contribution in [0.3, 0.4) is 0 Å². The van der Waals surface area contributed by atoms with Gasteiger partial charge in [-0.3, -0.25) is 9.59 Å². The quantitative estimate of drug-likeness (QED) is 0.247. The van der Waals surface area contributed by atoms with Crippen LogP contribution < -0.4 is 5.73 Å². The van der Waals surface area contributed by atoms with Crippen molar-refractivity contribution in [2.24, 2.45) is 39.7 Å². The first-order valence-corrected chi connectivity index (χ1v) is 15.0. The van der Waals surface area contributed by atoms with Crippen LogP contribution in [0.15, 0.2) is 34.9 Å². The number of fused-ring (bicyclic) bond motifs is 4. The van der Waals surface area contributed by atoms with Crippen molar-refractivity contribution in [3.63, 3.8) is 0 Å². The Morgan fingerprint density at radius 1 is 1.18 bits per heavy atom. The zero-order valence-electron chi connectivity index (χ0n) is 25.4. The number of ether oxygens (including phenoxy) is 1. The molecule has 0 saturated heterocycles. The predicted octanol–water partition coefficient (Wildman–Crippen LogP) is 6.58. The highest BCUT2D eigenvalue weighted by molar-refractivity contribution is 5.71. The highest BCUT2D eigenvalue weighted by Gasteiger charge is 2.60. The van der Waals surface area contributed by atoms with Gasteiger partial charge in [-0.25, -0.2) is 0 Å². The van der Waals surface area contributed by atoms with E-state index in [9.17, 15) is 9.90 Å². The SMILES string of the molecule is C=C(CCC[C@H]1CC=C2C3=C(C(O)CC21C)C1(C)CC[C@H](OC(=O)CN)C(C)(C)C1CC3)C(C)C.CC(=O)O. The van der Waals surface area contributed by atoms with E-state index in [0.717, 1.165) is 51.9 Å². The van der Waals surface area contributed by atoms with Crippen LogP contribution in [-0.4, -0.2) is 40.9 Å². The number of carboxylic acids is 1. The Bertz CT molecular complexity index is 1020. The summed E-state index contributed by atoms with van der Waals surface area (Å²) in [6.45, 7) is 19.1. The van der Waals surface area contributed by atoms with Gasteiger partial charge in [-0.15, -0.1) is 0 Å². The molecule has 6 atom stereocenters. The highest BCUT2D eigenvalue weighted by atomic mass is 16.5. The number of allylic oxidation sites excluding steroid dienone is 4. The molecule has 1 saturated carbocycles. The Morgan fingerprint density at radius 3 is 2.41 bits per heavy atom. The summed E-state index contributed by atoms with van der Waals surface area (Å²) in [5.41, 5.74) is 11.1. The Balaban J connectivity index is 0.000000983. The second-order valence-corrected chi connectivity index (χ2v) is 13.9. The van der Waals surface area contributed by atoms with Crippen molar-refractivity contribution in [3.8, 4) is 0 Å². The summed E-state index contributed by atoms with van der Waals surface area (Å²) in [5, 5.41) is 19.2. The van der Waals surface area contributed by atoms with Crippen molar-refractivity contribution in [1.82, 2.24) is 0 Å². The van der Waals surface area contributed by atoms with E-state index in [1.165, 1.54) is 29.6 Å². The molecule has 6 nitrogen and oxygen atoms in total. The first kappa shape index (κ1) is 31.6. The zero-order chi connectivity index (χ0) is 29.3. The van der Waals surface area contributed by atoms with E-state index in [2.05, 4.69) is 54.2 Å². The van der Waals surface area contributed by atoms with Gasteiger partial charge in [0.25, 0.3) is 5.97 Å². The molecule has 4 aliphatic carbocycles. The number of esters is 1. The molecular weight excluding hydrogens is 490 g/mol. The predicted molar refractivity (Wildman–Crippen MR) is 156 cm³/mol. The minimum Gasteiger partial charge on any atom is -0.481 e. The van der Waals surface area contributed by atoms with Gasteiger partial charge in [0, 0.05) is 12.3 Å². The normalized spacial score (nSPS) is 34.7. The Morgan fingerprint density at radius 2 is 1.82 bits per heavy atom. The van der Waals surface area contributed by atoms with E-state index in [0.29, 0.717) is 17.8 Å². The largest absolute Gasteiger partial charge is 0.481 e. The molecule has 0 aromatic carbocycles. The van der Waals surface area contributed by atoms with Crippen molar-refractivity contribution in [2.45, 2.75) is 118 Å². The molecule has 0 spiro atoms. The lowest BCUT2D eigenvalue weighted by Gasteiger charge is -2.60. The number of rotatable bonds is 7. The van der Waals surface area contributed by atoms with Crippen LogP contribution in [0, 0.1) is 34.0 Å². The standard InChI is InChI=1S/C31H49NO3.C2H4O2/c1-19(2)20(3)9-8-10-21-11-13-23-22-12-14-25-29(4,5)26(35-27(34)18-32)15-16-30(25,6)28(22)24(33)17-31(21,23)7;1-2(3)4/h13,19,21,24-26,33H,3,8-12,14-18,32H2,1-2,4-7H3;1H3,(H,3,4)/t21-,24?,25?,26-,30?,31?;/m0./s1. The van der Waals surface area contributed by atoms with Crippen LogP contribution in [0.25, 0.3) is 0 Å². The summed E-state index contributed by atoms with van der Waals surface area (Å²) < 4.78 is 5.82. The minimum atomic E-state index is -0.833. The van der Waals surface area contributed by atoms with Gasteiger partial charge in [0.15, 0.2) is 0 Å². The molecule has 4 aliphatic rings. The maximum atomic E-state index is 12.0. The summed E-state index contributed by atoms with van der Waals surface area (Å²) in [6, 6.07) is 0. The van der Waals surface area contributed by atoms with E-state index in [1.54, 1.807) is 5.57 Å². The molecule has 4 N–H and O–H groups in total. The van der Waals surface area contributed by atoms with Crippen LogP contribution in [0.5, 0.6) is 0 Å². The Labute approximate surface area is 236 Å². The molecule has 0 radical (unpaired) electrons. The fourth-order valence-corrected chi connectivity index (χ4v) is 8.60. The lowest BCUT2D eigenvalue weighted by Crippen LogP contribution is -2.56. The summed E-state index contributed by atoms with van der Waals surface area (Å²) in [4.78, 5) is 21.0. The first-order valence-electron chi connectivity index (χ1n) is 15.0. The molecule has 4 unspecified atom stereocenters. The number of hydrogen-bond donors (Lipinski definition) is 3. The number of carbonyl (C=O) groups is 2. The van der Waals surface area contributed by atoms with Crippen LogP contribution >= 0.6 is 0 Å². The molecule has 0 bridgehead atoms. The number of aliphatic hydroxyl groups excluding tert-OH is 1. The molecule has 4 rings (SSSR count). The van der Waals surface area contributed by atoms with Crippen molar-refractivity contribution in [3.05, 3.63) is 34.9 Å². The van der Waals surface area contributed by atoms with E-state index in [-0.39, 0.29) is 41.0 Å². The zero-order valence-corrected chi connectivity index (χ0v) is 25.4. The van der Waals surface area contributed by atoms with E-state index >= 15 is 0 Å². The number of aliphatic hydroxyl groups is 1. The van der Waals surface area contributed by atoms with E-state index < -0.39 is 5.97 Å². The summed E-state index contributed by atoms with van der Waals surface area (Å²) in [6.07, 6.45) is 11.4. The van der Waals surface area contributed by atoms with Gasteiger partial charge in [-0.2, -0.15) is 0 Å². The molecule has 1 fully saturated rings. The molecular formula is C33H53NO5. The third kappa shape index (κ3) is 6.07. The number of hydrogen-bond acceptors (Lipinski definition) is 5. The van der Waals surface area contributed by atoms with Crippen molar-refractivity contribution < 1.29 is 24.5 Å². The fraction of sp³-hybridized carbons (Fsp3) is 0.758. The average Bonchev–Trinajstić information content (AvgIpc) is 3.15. The van der Waals surface area contributed by atoms with Gasteiger partial charge in [0.1, 0.15) is 6.10 Å². The summed E-state index contributed by atoms with van der Waals surface area (Å²) in [5.74, 6) is 0.391. The molecule has 6 heteroatoms. The maximum Gasteiger partial charge on any atom is 0.319 e. The van der Waals surface area contributed by atoms with Crippen LogP contribution in [0.2, 0.25) is 0 Å². The van der Waals surface area contributed by atoms with Gasteiger partial charge in [-0.05, 0) is 103 Å². The van der Waals surface area contributed by atoms with Gasteiger partial charge in [0.2, 0.25) is 0 Å². The number of carboxylic acid groups (broad SMARTS) is 1. The number of nitrogens with two attached hydrogens (primary N) is 1. The van der Waals surface area contributed by atoms with Gasteiger partial charge in [-0.1, -0.05) is 59.8 Å². The second-order valence-electron chi connectivity index (χ2n) is 13.9. The topological polar surface area (TPSA) is 110 Å². The smallest absolute Gasteiger partial charge is 0.319 e. The van der Waals surface area contributed by atoms with Crippen LogP contribution in [-0.2, 0) is 14.3 Å². The third-order valence-corrected chi connectivity index (χ3v) is 10.8. The van der Waals surface area contributed by atoms with E-state index in [4.69, 9.17) is 20.4 Å². The van der Waals surface area contributed by atoms with Crippen LogP contribution in [0.4, 0.5) is 0 Å². The first-order chi connectivity index (χ1) is 18.1. The summed E-state index contributed by atoms with van der Waals surface area (Å²) in [7, 11) is 0. The molecule has 0 aliphatic heterocycles. The van der Waals surface area contributed by atoms with Crippen molar-refractivity contribution >= 4 is 11.9 Å². The average molecular weight is 544 g/mol. The number of aliphatic carboxylic acids is 1. The van der Waals surface area contributed by atoms with Gasteiger partial charge >= 0.3 is 5.97 Å². The fourth-order valence-electron chi connectivity index (χ4n) is 8.60. The molecule has 0 heterocycles. The second kappa shape index (κ2) is 11.9. The lowest BCUT2D eigenvalue weighted by atomic mass is 9.46. The monoisotopic (exact) mass is 543 g/mol. The Hall–Kier alpha value is -1.92.